The van der Waals surface area contributed by atoms with Crippen molar-refractivity contribution in [2.45, 2.75) is 11.7 Å². The highest BCUT2D eigenvalue weighted by molar-refractivity contribution is 9.10. The SMILES string of the molecule is CN(Cc1cccs1)C(=O)CSc1nccn1-c1ccc(Br)cc1. The predicted octanol–water partition coefficient (Wildman–Crippen LogP) is 4.45. The molecule has 3 aromatic rings. The van der Waals surface area contributed by atoms with Crippen LogP contribution in [0.2, 0.25) is 0 Å². The zero-order valence-corrected chi connectivity index (χ0v) is 16.3. The molecule has 0 bridgehead atoms. The number of carbonyl (C=O) groups excluding carboxylic acids is 1. The lowest BCUT2D eigenvalue weighted by molar-refractivity contribution is -0.127. The zero-order valence-electron chi connectivity index (χ0n) is 13.1. The van der Waals surface area contributed by atoms with Gasteiger partial charge in [-0.1, -0.05) is 33.8 Å². The maximum atomic E-state index is 12.3. The smallest absolute Gasteiger partial charge is 0.233 e. The second-order valence-corrected chi connectivity index (χ2v) is 8.06. The van der Waals surface area contributed by atoms with Crippen molar-refractivity contribution in [3.05, 3.63) is 63.5 Å². The summed E-state index contributed by atoms with van der Waals surface area (Å²) >= 11 is 6.56. The molecule has 7 heteroatoms. The van der Waals surface area contributed by atoms with Crippen LogP contribution in [-0.2, 0) is 11.3 Å². The molecule has 1 amide bonds. The molecule has 2 heterocycles. The molecule has 2 aromatic heterocycles. The molecule has 4 nitrogen and oxygen atoms in total. The molecule has 0 spiro atoms. The van der Waals surface area contributed by atoms with Gasteiger partial charge >= 0.3 is 0 Å². The van der Waals surface area contributed by atoms with Crippen LogP contribution in [0, 0.1) is 0 Å². The highest BCUT2D eigenvalue weighted by Crippen LogP contribution is 2.22. The predicted molar refractivity (Wildman–Crippen MR) is 103 cm³/mol. The van der Waals surface area contributed by atoms with Crippen molar-refractivity contribution in [3.63, 3.8) is 0 Å². The van der Waals surface area contributed by atoms with E-state index in [1.54, 1.807) is 22.4 Å². The highest BCUT2D eigenvalue weighted by Gasteiger charge is 2.13. The molecule has 0 radical (unpaired) electrons. The minimum absolute atomic E-state index is 0.0961. The first-order valence-corrected chi connectivity index (χ1v) is 9.98. The first-order valence-electron chi connectivity index (χ1n) is 7.32. The third-order valence-corrected chi connectivity index (χ3v) is 5.78. The summed E-state index contributed by atoms with van der Waals surface area (Å²) in [4.78, 5) is 19.6. The number of thiophene rings is 1. The molecule has 0 saturated heterocycles. The number of halogens is 1. The Labute approximate surface area is 157 Å². The van der Waals surface area contributed by atoms with E-state index in [9.17, 15) is 4.79 Å². The van der Waals surface area contributed by atoms with E-state index in [2.05, 4.69) is 20.9 Å². The van der Waals surface area contributed by atoms with Crippen LogP contribution < -0.4 is 0 Å². The largest absolute Gasteiger partial charge is 0.340 e. The molecular formula is C17H16BrN3OS2. The van der Waals surface area contributed by atoms with Gasteiger partial charge in [0.1, 0.15) is 0 Å². The van der Waals surface area contributed by atoms with E-state index >= 15 is 0 Å². The van der Waals surface area contributed by atoms with Crippen LogP contribution >= 0.6 is 39.0 Å². The minimum Gasteiger partial charge on any atom is -0.340 e. The van der Waals surface area contributed by atoms with Gasteiger partial charge in [-0.3, -0.25) is 9.36 Å². The number of hydrogen-bond donors (Lipinski definition) is 0. The quantitative estimate of drug-likeness (QED) is 0.551. The maximum Gasteiger partial charge on any atom is 0.233 e. The summed E-state index contributed by atoms with van der Waals surface area (Å²) in [5, 5.41) is 2.84. The van der Waals surface area contributed by atoms with Crippen LogP contribution in [0.3, 0.4) is 0 Å². The average Bonchev–Trinajstić information content (AvgIpc) is 3.25. The molecule has 0 aliphatic carbocycles. The van der Waals surface area contributed by atoms with Gasteiger partial charge in [-0.05, 0) is 35.7 Å². The number of hydrogen-bond acceptors (Lipinski definition) is 4. The fourth-order valence-electron chi connectivity index (χ4n) is 2.16. The van der Waals surface area contributed by atoms with E-state index in [-0.39, 0.29) is 5.91 Å². The molecular weight excluding hydrogens is 406 g/mol. The van der Waals surface area contributed by atoms with E-state index < -0.39 is 0 Å². The third-order valence-electron chi connectivity index (χ3n) is 3.44. The van der Waals surface area contributed by atoms with E-state index in [0.29, 0.717) is 12.3 Å². The molecule has 0 aliphatic rings. The number of nitrogens with zero attached hydrogens (tertiary/aromatic N) is 3. The van der Waals surface area contributed by atoms with Crippen LogP contribution in [0.1, 0.15) is 4.88 Å². The molecule has 1 aromatic carbocycles. The Bertz CT molecular complexity index is 800. The van der Waals surface area contributed by atoms with Gasteiger partial charge in [-0.25, -0.2) is 4.98 Å². The van der Waals surface area contributed by atoms with Gasteiger partial charge in [0, 0.05) is 34.5 Å². The van der Waals surface area contributed by atoms with Gasteiger partial charge < -0.3 is 4.90 Å². The van der Waals surface area contributed by atoms with Gasteiger partial charge in [0.2, 0.25) is 5.91 Å². The van der Waals surface area contributed by atoms with Gasteiger partial charge in [-0.15, -0.1) is 11.3 Å². The highest BCUT2D eigenvalue weighted by atomic mass is 79.9. The van der Waals surface area contributed by atoms with E-state index in [0.717, 1.165) is 15.3 Å². The number of thioether (sulfide) groups is 1. The average molecular weight is 422 g/mol. The van der Waals surface area contributed by atoms with E-state index in [1.807, 2.05) is 59.6 Å². The number of benzene rings is 1. The lowest BCUT2D eigenvalue weighted by atomic mass is 10.3. The Balaban J connectivity index is 1.62. The van der Waals surface area contributed by atoms with Crippen LogP contribution in [0.4, 0.5) is 0 Å². The van der Waals surface area contributed by atoms with Crippen molar-refractivity contribution >= 4 is 44.9 Å². The molecule has 0 atom stereocenters. The van der Waals surface area contributed by atoms with Gasteiger partial charge in [0.25, 0.3) is 0 Å². The Morgan fingerprint density at radius 2 is 2.12 bits per heavy atom. The molecule has 0 saturated carbocycles. The maximum absolute atomic E-state index is 12.3. The van der Waals surface area contributed by atoms with Gasteiger partial charge in [0.15, 0.2) is 5.16 Å². The summed E-state index contributed by atoms with van der Waals surface area (Å²) in [7, 11) is 1.84. The minimum atomic E-state index is 0.0961. The van der Waals surface area contributed by atoms with Gasteiger partial charge in [0.05, 0.1) is 12.3 Å². The number of carbonyl (C=O) groups is 1. The molecule has 3 rings (SSSR count). The molecule has 0 unspecified atom stereocenters. The zero-order chi connectivity index (χ0) is 16.9. The van der Waals surface area contributed by atoms with Crippen molar-refractivity contribution < 1.29 is 4.79 Å². The number of imidazole rings is 1. The second kappa shape index (κ2) is 8.00. The monoisotopic (exact) mass is 421 g/mol. The first-order chi connectivity index (χ1) is 11.6. The van der Waals surface area contributed by atoms with Crippen LogP contribution in [0.25, 0.3) is 5.69 Å². The summed E-state index contributed by atoms with van der Waals surface area (Å²) in [6.45, 7) is 0.651. The van der Waals surface area contributed by atoms with E-state index in [4.69, 9.17) is 0 Å². The normalized spacial score (nSPS) is 10.8. The Morgan fingerprint density at radius 3 is 2.83 bits per heavy atom. The summed E-state index contributed by atoms with van der Waals surface area (Å²) in [6.07, 6.45) is 3.66. The topological polar surface area (TPSA) is 38.1 Å². The van der Waals surface area contributed by atoms with Gasteiger partial charge in [-0.2, -0.15) is 0 Å². The first kappa shape index (κ1) is 17.3. The van der Waals surface area contributed by atoms with Crippen molar-refractivity contribution in [1.29, 1.82) is 0 Å². The number of aromatic nitrogens is 2. The van der Waals surface area contributed by atoms with Crippen LogP contribution in [0.15, 0.2) is 63.8 Å². The van der Waals surface area contributed by atoms with Crippen molar-refractivity contribution in [2.75, 3.05) is 12.8 Å². The van der Waals surface area contributed by atoms with Crippen molar-refractivity contribution in [1.82, 2.24) is 14.5 Å². The lowest BCUT2D eigenvalue weighted by Crippen LogP contribution is -2.27. The second-order valence-electron chi connectivity index (χ2n) is 5.17. The summed E-state index contributed by atoms with van der Waals surface area (Å²) in [5.41, 5.74) is 1.03. The van der Waals surface area contributed by atoms with Crippen LogP contribution in [0.5, 0.6) is 0 Å². The Kier molecular flexibility index (Phi) is 5.76. The molecule has 0 fully saturated rings. The van der Waals surface area contributed by atoms with Crippen LogP contribution in [-0.4, -0.2) is 33.2 Å². The summed E-state index contributed by atoms with van der Waals surface area (Å²) < 4.78 is 3.02. The molecule has 0 N–H and O–H groups in total. The molecule has 0 aliphatic heterocycles. The fraction of sp³-hybridized carbons (Fsp3) is 0.176. The Hall–Kier alpha value is -1.57. The fourth-order valence-corrected chi connectivity index (χ4v) is 4.09. The molecule has 124 valence electrons. The standard InChI is InChI=1S/C17H16BrN3OS2/c1-20(11-15-3-2-10-23-15)16(22)12-24-17-19-8-9-21(17)14-6-4-13(18)5-7-14/h2-10H,11-12H2,1H3. The number of rotatable bonds is 6. The Morgan fingerprint density at radius 1 is 1.33 bits per heavy atom. The summed E-state index contributed by atoms with van der Waals surface area (Å²) in [5.74, 6) is 0.467. The van der Waals surface area contributed by atoms with Crippen molar-refractivity contribution in [3.8, 4) is 5.69 Å². The molecule has 24 heavy (non-hydrogen) atoms. The van der Waals surface area contributed by atoms with Crippen molar-refractivity contribution in [2.24, 2.45) is 0 Å². The lowest BCUT2D eigenvalue weighted by Gasteiger charge is -2.16. The number of amides is 1. The third kappa shape index (κ3) is 4.28. The summed E-state index contributed by atoms with van der Waals surface area (Å²) in [6, 6.07) is 12.1. The van der Waals surface area contributed by atoms with E-state index in [1.165, 1.54) is 16.6 Å².